The molecule has 0 aliphatic heterocycles. The molecule has 0 bridgehead atoms. The van der Waals surface area contributed by atoms with E-state index in [1.165, 1.54) is 0 Å². The Labute approximate surface area is 112 Å². The first kappa shape index (κ1) is 13.8. The van der Waals surface area contributed by atoms with Crippen molar-refractivity contribution in [2.45, 2.75) is 51.8 Å². The molecule has 7 heteroatoms. The van der Waals surface area contributed by atoms with Crippen LogP contribution in [0.4, 0.5) is 11.5 Å². The molecule has 0 atom stereocenters. The van der Waals surface area contributed by atoms with Crippen molar-refractivity contribution < 1.29 is 9.66 Å². The number of ether oxygens (including phenoxy) is 1. The highest BCUT2D eigenvalue weighted by Gasteiger charge is 2.33. The number of nitrogens with one attached hydrogen (secondary N) is 1. The molecule has 0 spiro atoms. The Kier molecular flexibility index (Phi) is 4.04. The van der Waals surface area contributed by atoms with Gasteiger partial charge in [-0.1, -0.05) is 6.92 Å². The molecule has 1 aliphatic rings. The van der Waals surface area contributed by atoms with E-state index in [1.807, 2.05) is 6.92 Å². The first-order valence-electron chi connectivity index (χ1n) is 6.57. The van der Waals surface area contributed by atoms with Gasteiger partial charge in [-0.05, 0) is 26.2 Å². The third-order valence-electron chi connectivity index (χ3n) is 3.48. The number of rotatable bonds is 6. The average Bonchev–Trinajstić information content (AvgIpc) is 2.60. The van der Waals surface area contributed by atoms with Crippen LogP contribution in [0.2, 0.25) is 0 Å². The third kappa shape index (κ3) is 2.70. The second-order valence-electron chi connectivity index (χ2n) is 4.93. The van der Waals surface area contributed by atoms with Crippen LogP contribution in [-0.2, 0) is 11.3 Å². The summed E-state index contributed by atoms with van der Waals surface area (Å²) in [7, 11) is 1.69. The predicted octanol–water partition coefficient (Wildman–Crippen LogP) is 2.10. The quantitative estimate of drug-likeness (QED) is 0.631. The molecule has 0 saturated heterocycles. The Bertz CT molecular complexity index is 466. The number of hydrogen-bond donors (Lipinski definition) is 1. The summed E-state index contributed by atoms with van der Waals surface area (Å²) in [4.78, 5) is 10.8. The summed E-state index contributed by atoms with van der Waals surface area (Å²) >= 11 is 0. The van der Waals surface area contributed by atoms with Gasteiger partial charge in [-0.3, -0.25) is 10.1 Å². The molecule has 1 aromatic heterocycles. The Balaban J connectivity index is 2.18. The molecule has 0 unspecified atom stereocenters. The van der Waals surface area contributed by atoms with Gasteiger partial charge in [0.15, 0.2) is 0 Å². The van der Waals surface area contributed by atoms with E-state index in [1.54, 1.807) is 18.7 Å². The van der Waals surface area contributed by atoms with Gasteiger partial charge in [-0.25, -0.2) is 4.68 Å². The van der Waals surface area contributed by atoms with E-state index < -0.39 is 0 Å². The van der Waals surface area contributed by atoms with Crippen molar-refractivity contribution in [2.75, 3.05) is 12.4 Å². The molecule has 0 radical (unpaired) electrons. The first-order chi connectivity index (χ1) is 9.06. The number of aryl methyl sites for hydroxylation is 2. The maximum atomic E-state index is 11.2. The van der Waals surface area contributed by atoms with Gasteiger partial charge in [0.25, 0.3) is 0 Å². The van der Waals surface area contributed by atoms with Gasteiger partial charge in [0.2, 0.25) is 5.82 Å². The number of nitrogens with zero attached hydrogens (tertiary/aromatic N) is 3. The molecule has 1 heterocycles. The van der Waals surface area contributed by atoms with Crippen molar-refractivity contribution in [1.82, 2.24) is 9.78 Å². The molecule has 19 heavy (non-hydrogen) atoms. The van der Waals surface area contributed by atoms with Crippen molar-refractivity contribution in [2.24, 2.45) is 0 Å². The highest BCUT2D eigenvalue weighted by atomic mass is 16.6. The monoisotopic (exact) mass is 268 g/mol. The van der Waals surface area contributed by atoms with E-state index in [0.717, 1.165) is 19.3 Å². The molecular formula is C12H20N4O3. The Hall–Kier alpha value is -1.63. The number of aromatic nitrogens is 2. The number of nitro groups is 1. The second kappa shape index (κ2) is 5.56. The summed E-state index contributed by atoms with van der Waals surface area (Å²) in [5, 5.41) is 18.7. The van der Waals surface area contributed by atoms with Crippen molar-refractivity contribution in [3.05, 3.63) is 15.8 Å². The van der Waals surface area contributed by atoms with Gasteiger partial charge >= 0.3 is 5.69 Å². The van der Waals surface area contributed by atoms with Crippen molar-refractivity contribution in [3.8, 4) is 0 Å². The lowest BCUT2D eigenvalue weighted by molar-refractivity contribution is -0.384. The summed E-state index contributed by atoms with van der Waals surface area (Å²) in [6.07, 6.45) is 2.91. The largest absolute Gasteiger partial charge is 0.381 e. The van der Waals surface area contributed by atoms with Crippen LogP contribution in [0.25, 0.3) is 0 Å². The molecule has 0 aromatic carbocycles. The average molecular weight is 268 g/mol. The molecule has 0 amide bonds. The number of methoxy groups -OCH3 is 1. The Morgan fingerprint density at radius 3 is 2.79 bits per heavy atom. The fourth-order valence-electron chi connectivity index (χ4n) is 2.38. The molecular weight excluding hydrogens is 248 g/mol. The zero-order chi connectivity index (χ0) is 14.0. The van der Waals surface area contributed by atoms with Crippen LogP contribution in [0.15, 0.2) is 0 Å². The van der Waals surface area contributed by atoms with E-state index in [9.17, 15) is 10.1 Å². The molecule has 106 valence electrons. The summed E-state index contributed by atoms with van der Waals surface area (Å²) < 4.78 is 6.92. The molecule has 2 rings (SSSR count). The number of hydrogen-bond acceptors (Lipinski definition) is 5. The smallest absolute Gasteiger partial charge is 0.333 e. The van der Waals surface area contributed by atoms with E-state index in [-0.39, 0.29) is 22.8 Å². The van der Waals surface area contributed by atoms with E-state index in [2.05, 4.69) is 10.4 Å². The van der Waals surface area contributed by atoms with Crippen LogP contribution >= 0.6 is 0 Å². The van der Waals surface area contributed by atoms with Crippen LogP contribution in [0.3, 0.4) is 0 Å². The zero-order valence-electron chi connectivity index (χ0n) is 11.5. The van der Waals surface area contributed by atoms with Gasteiger partial charge in [0, 0.05) is 19.7 Å². The molecule has 1 saturated carbocycles. The molecule has 1 N–H and O–H groups in total. The highest BCUT2D eigenvalue weighted by Crippen LogP contribution is 2.33. The van der Waals surface area contributed by atoms with Crippen molar-refractivity contribution in [1.29, 1.82) is 0 Å². The van der Waals surface area contributed by atoms with E-state index in [4.69, 9.17) is 4.74 Å². The van der Waals surface area contributed by atoms with E-state index in [0.29, 0.717) is 18.1 Å². The molecule has 1 aromatic rings. The van der Waals surface area contributed by atoms with Crippen LogP contribution in [0, 0.1) is 17.0 Å². The summed E-state index contributed by atoms with van der Waals surface area (Å²) in [5.74, 6) is 0.531. The highest BCUT2D eigenvalue weighted by molar-refractivity contribution is 5.60. The van der Waals surface area contributed by atoms with Gasteiger partial charge < -0.3 is 10.1 Å². The van der Waals surface area contributed by atoms with Gasteiger partial charge in [-0.15, -0.1) is 0 Å². The lowest BCUT2D eigenvalue weighted by atomic mass is 9.89. The zero-order valence-corrected chi connectivity index (χ0v) is 11.5. The van der Waals surface area contributed by atoms with E-state index >= 15 is 0 Å². The minimum atomic E-state index is -0.358. The van der Waals surface area contributed by atoms with Crippen LogP contribution in [0.1, 0.15) is 31.9 Å². The van der Waals surface area contributed by atoms with Gasteiger partial charge in [-0.2, -0.15) is 5.10 Å². The van der Waals surface area contributed by atoms with Gasteiger partial charge in [0.05, 0.1) is 11.0 Å². The van der Waals surface area contributed by atoms with Crippen molar-refractivity contribution in [3.63, 3.8) is 0 Å². The Morgan fingerprint density at radius 2 is 2.26 bits per heavy atom. The summed E-state index contributed by atoms with van der Waals surface area (Å²) in [5.41, 5.74) is 0.554. The Morgan fingerprint density at radius 1 is 1.58 bits per heavy atom. The van der Waals surface area contributed by atoms with Crippen LogP contribution in [0.5, 0.6) is 0 Å². The van der Waals surface area contributed by atoms with Crippen LogP contribution < -0.4 is 5.32 Å². The fraction of sp³-hybridized carbons (Fsp3) is 0.750. The SMILES string of the molecule is CCCn1nc(C)c([N+](=O)[O-])c1NC1CC(OC)C1. The molecule has 1 fully saturated rings. The normalized spacial score (nSPS) is 22.1. The lowest BCUT2D eigenvalue weighted by Gasteiger charge is -2.34. The first-order valence-corrected chi connectivity index (χ1v) is 6.57. The summed E-state index contributed by atoms with van der Waals surface area (Å²) in [6.45, 7) is 4.38. The maximum Gasteiger partial charge on any atom is 0.333 e. The third-order valence-corrected chi connectivity index (χ3v) is 3.48. The minimum Gasteiger partial charge on any atom is -0.381 e. The fourth-order valence-corrected chi connectivity index (χ4v) is 2.38. The molecule has 1 aliphatic carbocycles. The second-order valence-corrected chi connectivity index (χ2v) is 4.93. The molecule has 7 nitrogen and oxygen atoms in total. The topological polar surface area (TPSA) is 82.2 Å². The predicted molar refractivity (Wildman–Crippen MR) is 71.4 cm³/mol. The van der Waals surface area contributed by atoms with Crippen LogP contribution in [-0.4, -0.2) is 34.0 Å². The standard InChI is InChI=1S/C12H20N4O3/c1-4-5-15-12(11(16(17)18)8(2)14-15)13-9-6-10(7-9)19-3/h9-10,13H,4-7H2,1-3H3. The minimum absolute atomic E-state index is 0.0920. The lowest BCUT2D eigenvalue weighted by Crippen LogP contribution is -2.40. The van der Waals surface area contributed by atoms with Gasteiger partial charge in [0.1, 0.15) is 5.69 Å². The number of anilines is 1. The van der Waals surface area contributed by atoms with Crippen molar-refractivity contribution >= 4 is 11.5 Å². The maximum absolute atomic E-state index is 11.2. The summed E-state index contributed by atoms with van der Waals surface area (Å²) in [6, 6.07) is 0.232.